The molecule has 4 aromatic rings. The molecule has 0 radical (unpaired) electrons. The van der Waals surface area contributed by atoms with Crippen LogP contribution in [0.1, 0.15) is 36.4 Å². The van der Waals surface area contributed by atoms with E-state index in [-0.39, 0.29) is 5.91 Å². The molecule has 0 aliphatic rings. The van der Waals surface area contributed by atoms with Gasteiger partial charge in [0.25, 0.3) is 5.91 Å². The van der Waals surface area contributed by atoms with Crippen molar-refractivity contribution < 1.29 is 13.9 Å². The smallest absolute Gasteiger partial charge is 0.267 e. The summed E-state index contributed by atoms with van der Waals surface area (Å²) >= 11 is 5.90. The molecule has 0 fully saturated rings. The van der Waals surface area contributed by atoms with Gasteiger partial charge in [-0.15, -0.1) is 0 Å². The molecule has 1 heterocycles. The van der Waals surface area contributed by atoms with Crippen LogP contribution in [0.15, 0.2) is 65.1 Å². The van der Waals surface area contributed by atoms with E-state index in [1.54, 1.807) is 38.1 Å². The zero-order valence-electron chi connectivity index (χ0n) is 18.5. The molecule has 4 rings (SSSR count). The van der Waals surface area contributed by atoms with Crippen molar-refractivity contribution in [3.05, 3.63) is 88.3 Å². The van der Waals surface area contributed by atoms with E-state index < -0.39 is 5.60 Å². The summed E-state index contributed by atoms with van der Waals surface area (Å²) in [4.78, 5) is 17.3. The van der Waals surface area contributed by atoms with Gasteiger partial charge in [0.2, 0.25) is 0 Å². The molecule has 0 bridgehead atoms. The van der Waals surface area contributed by atoms with Gasteiger partial charge >= 0.3 is 0 Å². The Kier molecular flexibility index (Phi) is 5.94. The number of hydrogen-bond donors (Lipinski definition) is 1. The Labute approximate surface area is 192 Å². The van der Waals surface area contributed by atoms with E-state index in [1.807, 2.05) is 36.4 Å². The van der Waals surface area contributed by atoms with E-state index in [4.69, 9.17) is 20.8 Å². The molecule has 32 heavy (non-hydrogen) atoms. The van der Waals surface area contributed by atoms with E-state index >= 15 is 0 Å². The van der Waals surface area contributed by atoms with Crippen LogP contribution in [-0.4, -0.2) is 16.5 Å². The fraction of sp³-hybridized carbons (Fsp3) is 0.231. The second-order valence-electron chi connectivity index (χ2n) is 8.41. The van der Waals surface area contributed by atoms with Crippen LogP contribution in [0.5, 0.6) is 5.75 Å². The van der Waals surface area contributed by atoms with Crippen LogP contribution in [0.3, 0.4) is 0 Å². The number of anilines is 1. The Hall–Kier alpha value is -3.31. The summed E-state index contributed by atoms with van der Waals surface area (Å²) in [7, 11) is 0. The number of halogens is 1. The van der Waals surface area contributed by atoms with E-state index in [1.165, 1.54) is 11.1 Å². The SMILES string of the molecule is Cc1cc2nc(Cc3ccc(NC(=O)C(C)(C)Oc4ccc(Cl)cc4)cc3)oc2cc1C. The second-order valence-corrected chi connectivity index (χ2v) is 8.84. The lowest BCUT2D eigenvalue weighted by atomic mass is 10.1. The van der Waals surface area contributed by atoms with Gasteiger partial charge in [-0.25, -0.2) is 4.98 Å². The number of aromatic nitrogens is 1. The van der Waals surface area contributed by atoms with Gasteiger partial charge in [0, 0.05) is 17.1 Å². The molecule has 1 amide bonds. The summed E-state index contributed by atoms with van der Waals surface area (Å²) in [5.41, 5.74) is 4.73. The van der Waals surface area contributed by atoms with Gasteiger partial charge in [0.1, 0.15) is 11.3 Å². The minimum Gasteiger partial charge on any atom is -0.478 e. The van der Waals surface area contributed by atoms with Crippen LogP contribution in [0.4, 0.5) is 5.69 Å². The van der Waals surface area contributed by atoms with Crippen molar-refractivity contribution in [1.82, 2.24) is 4.98 Å². The molecule has 0 spiro atoms. The van der Waals surface area contributed by atoms with Crippen molar-refractivity contribution in [1.29, 1.82) is 0 Å². The monoisotopic (exact) mass is 448 g/mol. The van der Waals surface area contributed by atoms with E-state index in [0.29, 0.717) is 28.8 Å². The summed E-state index contributed by atoms with van der Waals surface area (Å²) in [6.07, 6.45) is 0.576. The normalized spacial score (nSPS) is 11.5. The summed E-state index contributed by atoms with van der Waals surface area (Å²) in [5, 5.41) is 3.52. The van der Waals surface area contributed by atoms with Crippen molar-refractivity contribution in [3.63, 3.8) is 0 Å². The molecule has 0 saturated carbocycles. The molecule has 164 valence electrons. The van der Waals surface area contributed by atoms with Crippen LogP contribution in [0.2, 0.25) is 5.02 Å². The number of benzene rings is 3. The van der Waals surface area contributed by atoms with Crippen molar-refractivity contribution in [2.75, 3.05) is 5.32 Å². The first kappa shape index (κ1) is 21.9. The van der Waals surface area contributed by atoms with E-state index in [0.717, 1.165) is 16.7 Å². The van der Waals surface area contributed by atoms with Crippen LogP contribution >= 0.6 is 11.6 Å². The Morgan fingerprint density at radius 1 is 1.03 bits per heavy atom. The molecule has 6 heteroatoms. The number of ether oxygens (including phenoxy) is 1. The third-order valence-corrected chi connectivity index (χ3v) is 5.60. The van der Waals surface area contributed by atoms with Gasteiger partial charge in [-0.2, -0.15) is 0 Å². The van der Waals surface area contributed by atoms with Crippen molar-refractivity contribution in [2.24, 2.45) is 0 Å². The Morgan fingerprint density at radius 2 is 1.69 bits per heavy atom. The predicted octanol–water partition coefficient (Wildman–Crippen LogP) is 6.48. The zero-order valence-corrected chi connectivity index (χ0v) is 19.3. The number of carbonyl (C=O) groups is 1. The largest absolute Gasteiger partial charge is 0.478 e. The Morgan fingerprint density at radius 3 is 2.38 bits per heavy atom. The van der Waals surface area contributed by atoms with Gasteiger partial charge in [-0.1, -0.05) is 23.7 Å². The molecular formula is C26H25ClN2O3. The molecule has 1 N–H and O–H groups in total. The molecule has 0 unspecified atom stereocenters. The first-order valence-electron chi connectivity index (χ1n) is 10.4. The maximum atomic E-state index is 12.7. The number of amides is 1. The Balaban J connectivity index is 1.41. The highest BCUT2D eigenvalue weighted by molar-refractivity contribution is 6.30. The minimum atomic E-state index is -1.05. The molecule has 1 aromatic heterocycles. The predicted molar refractivity (Wildman–Crippen MR) is 128 cm³/mol. The molecule has 5 nitrogen and oxygen atoms in total. The van der Waals surface area contributed by atoms with Gasteiger partial charge in [-0.3, -0.25) is 4.79 Å². The Bertz CT molecular complexity index is 1220. The fourth-order valence-corrected chi connectivity index (χ4v) is 3.44. The quantitative estimate of drug-likeness (QED) is 0.366. The number of oxazole rings is 1. The fourth-order valence-electron chi connectivity index (χ4n) is 3.31. The average molecular weight is 449 g/mol. The molecule has 0 atom stereocenters. The lowest BCUT2D eigenvalue weighted by Gasteiger charge is -2.25. The number of carbonyl (C=O) groups excluding carboxylic acids is 1. The van der Waals surface area contributed by atoms with Crippen LogP contribution in [0, 0.1) is 13.8 Å². The lowest BCUT2D eigenvalue weighted by molar-refractivity contribution is -0.128. The van der Waals surface area contributed by atoms with Crippen LogP contribution in [-0.2, 0) is 11.2 Å². The number of nitrogens with zero attached hydrogens (tertiary/aromatic N) is 1. The summed E-state index contributed by atoms with van der Waals surface area (Å²) < 4.78 is 11.8. The van der Waals surface area contributed by atoms with Crippen molar-refractivity contribution >= 4 is 34.3 Å². The van der Waals surface area contributed by atoms with E-state index in [9.17, 15) is 4.79 Å². The number of hydrogen-bond acceptors (Lipinski definition) is 4. The molecule has 0 aliphatic carbocycles. The highest BCUT2D eigenvalue weighted by Gasteiger charge is 2.30. The number of fused-ring (bicyclic) bond motifs is 1. The highest BCUT2D eigenvalue weighted by atomic mass is 35.5. The summed E-state index contributed by atoms with van der Waals surface area (Å²) in [6, 6.07) is 18.6. The third kappa shape index (κ3) is 4.94. The molecule has 3 aromatic carbocycles. The summed E-state index contributed by atoms with van der Waals surface area (Å²) in [6.45, 7) is 7.58. The van der Waals surface area contributed by atoms with Gasteiger partial charge in [0.05, 0.1) is 0 Å². The molecule has 0 aliphatic heterocycles. The van der Waals surface area contributed by atoms with Crippen LogP contribution in [0.25, 0.3) is 11.1 Å². The first-order valence-corrected chi connectivity index (χ1v) is 10.8. The zero-order chi connectivity index (χ0) is 22.9. The van der Waals surface area contributed by atoms with Gasteiger partial charge < -0.3 is 14.5 Å². The van der Waals surface area contributed by atoms with Gasteiger partial charge in [0.15, 0.2) is 17.1 Å². The first-order chi connectivity index (χ1) is 15.2. The minimum absolute atomic E-state index is 0.245. The lowest BCUT2D eigenvalue weighted by Crippen LogP contribution is -2.42. The molecular weight excluding hydrogens is 424 g/mol. The number of rotatable bonds is 6. The van der Waals surface area contributed by atoms with Gasteiger partial charge in [-0.05, 0) is 92.9 Å². The van der Waals surface area contributed by atoms with Crippen molar-refractivity contribution in [3.8, 4) is 5.75 Å². The maximum Gasteiger partial charge on any atom is 0.267 e. The average Bonchev–Trinajstić information content (AvgIpc) is 3.12. The maximum absolute atomic E-state index is 12.7. The number of aryl methyl sites for hydroxylation is 2. The van der Waals surface area contributed by atoms with Crippen LogP contribution < -0.4 is 10.1 Å². The third-order valence-electron chi connectivity index (χ3n) is 5.35. The van der Waals surface area contributed by atoms with Crippen molar-refractivity contribution in [2.45, 2.75) is 39.7 Å². The topological polar surface area (TPSA) is 64.4 Å². The summed E-state index contributed by atoms with van der Waals surface area (Å²) in [5.74, 6) is 0.998. The standard InChI is InChI=1S/C26H25ClN2O3/c1-16-13-22-23(14-17(16)2)31-24(29-22)15-18-5-9-20(10-6-18)28-25(30)26(3,4)32-21-11-7-19(27)8-12-21/h5-14H,15H2,1-4H3,(H,28,30). The highest BCUT2D eigenvalue weighted by Crippen LogP contribution is 2.24. The number of nitrogens with one attached hydrogen (secondary N) is 1. The van der Waals surface area contributed by atoms with E-state index in [2.05, 4.69) is 24.1 Å². The molecule has 0 saturated heterocycles. The second kappa shape index (κ2) is 8.67.